The van der Waals surface area contributed by atoms with Crippen molar-refractivity contribution in [3.63, 3.8) is 0 Å². The summed E-state index contributed by atoms with van der Waals surface area (Å²) in [7, 11) is 1.59. The average Bonchev–Trinajstić information content (AvgIpc) is 2.30. The lowest BCUT2D eigenvalue weighted by Gasteiger charge is -2.09. The highest BCUT2D eigenvalue weighted by molar-refractivity contribution is 9.10. The van der Waals surface area contributed by atoms with E-state index in [1.54, 1.807) is 7.11 Å². The van der Waals surface area contributed by atoms with Crippen LogP contribution >= 0.6 is 27.7 Å². The van der Waals surface area contributed by atoms with Gasteiger partial charge in [-0.05, 0) is 46.8 Å². The molecule has 4 nitrogen and oxygen atoms in total. The van der Waals surface area contributed by atoms with Crippen LogP contribution in [0.4, 0.5) is 5.69 Å². The molecule has 0 bridgehead atoms. The molecule has 1 aromatic rings. The standard InChI is InChI=1S/C11H12BrN3OS/c1-7-4-8(12)10(9(5-7)16-2)15-11(17-3)14-6-13/h4-5H,1-3H3,(H,14,15). The van der Waals surface area contributed by atoms with Gasteiger partial charge in [-0.15, -0.1) is 0 Å². The highest BCUT2D eigenvalue weighted by atomic mass is 79.9. The summed E-state index contributed by atoms with van der Waals surface area (Å²) >= 11 is 4.80. The van der Waals surface area contributed by atoms with Gasteiger partial charge in [-0.3, -0.25) is 5.32 Å². The molecule has 17 heavy (non-hydrogen) atoms. The Morgan fingerprint density at radius 2 is 2.29 bits per heavy atom. The quantitative estimate of drug-likeness (QED) is 0.394. The molecule has 1 aromatic carbocycles. The van der Waals surface area contributed by atoms with E-state index in [4.69, 9.17) is 10.00 Å². The van der Waals surface area contributed by atoms with E-state index in [0.717, 1.165) is 10.0 Å². The van der Waals surface area contributed by atoms with Crippen LogP contribution in [0.1, 0.15) is 5.56 Å². The first-order chi connectivity index (χ1) is 8.12. The van der Waals surface area contributed by atoms with Crippen LogP contribution in [0.2, 0.25) is 0 Å². The van der Waals surface area contributed by atoms with E-state index in [9.17, 15) is 0 Å². The average molecular weight is 314 g/mol. The Morgan fingerprint density at radius 3 is 2.82 bits per heavy atom. The molecule has 0 fully saturated rings. The van der Waals surface area contributed by atoms with Crippen molar-refractivity contribution < 1.29 is 4.74 Å². The number of hydrogen-bond donors (Lipinski definition) is 1. The van der Waals surface area contributed by atoms with Gasteiger partial charge >= 0.3 is 0 Å². The Bertz CT molecular complexity index is 482. The lowest BCUT2D eigenvalue weighted by atomic mass is 10.2. The number of benzene rings is 1. The van der Waals surface area contributed by atoms with Crippen LogP contribution in [-0.2, 0) is 0 Å². The van der Waals surface area contributed by atoms with Gasteiger partial charge in [0.25, 0.3) is 0 Å². The highest BCUT2D eigenvalue weighted by Crippen LogP contribution is 2.37. The van der Waals surface area contributed by atoms with Gasteiger partial charge in [-0.1, -0.05) is 11.8 Å². The second-order valence-corrected chi connectivity index (χ2v) is 4.80. The fourth-order valence-corrected chi connectivity index (χ4v) is 2.22. The molecule has 0 saturated carbocycles. The van der Waals surface area contributed by atoms with E-state index in [1.165, 1.54) is 11.8 Å². The van der Waals surface area contributed by atoms with Gasteiger partial charge in [0.05, 0.1) is 7.11 Å². The SMILES string of the molecule is COc1cc(C)cc(Br)c1N=C(NC#N)SC. The first-order valence-electron chi connectivity index (χ1n) is 4.74. The number of rotatable bonds is 2. The van der Waals surface area contributed by atoms with Crippen molar-refractivity contribution in [3.05, 3.63) is 22.2 Å². The summed E-state index contributed by atoms with van der Waals surface area (Å²) in [6.45, 7) is 1.98. The van der Waals surface area contributed by atoms with E-state index in [1.807, 2.05) is 31.5 Å². The van der Waals surface area contributed by atoms with Crippen LogP contribution in [-0.4, -0.2) is 18.5 Å². The van der Waals surface area contributed by atoms with E-state index < -0.39 is 0 Å². The number of aryl methyl sites for hydroxylation is 1. The molecule has 6 heteroatoms. The van der Waals surface area contributed by atoms with Crippen LogP contribution in [0, 0.1) is 18.4 Å². The van der Waals surface area contributed by atoms with Gasteiger partial charge in [-0.25, -0.2) is 4.99 Å². The minimum Gasteiger partial charge on any atom is -0.494 e. The molecule has 1 N–H and O–H groups in total. The zero-order valence-electron chi connectivity index (χ0n) is 9.74. The number of methoxy groups -OCH3 is 1. The fraction of sp³-hybridized carbons (Fsp3) is 0.273. The highest BCUT2D eigenvalue weighted by Gasteiger charge is 2.09. The molecular formula is C11H12BrN3OS. The molecular weight excluding hydrogens is 302 g/mol. The van der Waals surface area contributed by atoms with E-state index >= 15 is 0 Å². The van der Waals surface area contributed by atoms with E-state index in [2.05, 4.69) is 26.2 Å². The van der Waals surface area contributed by atoms with Crippen LogP contribution < -0.4 is 10.1 Å². The van der Waals surface area contributed by atoms with Gasteiger partial charge in [0.1, 0.15) is 11.4 Å². The Kier molecular flexibility index (Phi) is 5.32. The molecule has 0 heterocycles. The maximum absolute atomic E-state index is 8.59. The Labute approximate surface area is 113 Å². The zero-order chi connectivity index (χ0) is 12.8. The fourth-order valence-electron chi connectivity index (χ4n) is 1.24. The topological polar surface area (TPSA) is 57.4 Å². The first-order valence-corrected chi connectivity index (χ1v) is 6.76. The second kappa shape index (κ2) is 6.52. The number of hydrogen-bond acceptors (Lipinski definition) is 4. The lowest BCUT2D eigenvalue weighted by molar-refractivity contribution is 0.415. The molecule has 0 amide bonds. The molecule has 0 aliphatic rings. The number of aliphatic imine (C=N–C) groups is 1. The van der Waals surface area contributed by atoms with Gasteiger partial charge in [-0.2, -0.15) is 5.26 Å². The number of nitrogens with zero attached hydrogens (tertiary/aromatic N) is 2. The number of nitrogens with one attached hydrogen (secondary N) is 1. The molecule has 0 atom stereocenters. The predicted octanol–water partition coefficient (Wildman–Crippen LogP) is 3.19. The summed E-state index contributed by atoms with van der Waals surface area (Å²) < 4.78 is 6.11. The Hall–Kier alpha value is -1.19. The summed E-state index contributed by atoms with van der Waals surface area (Å²) in [5, 5.41) is 11.6. The van der Waals surface area contributed by atoms with E-state index in [-0.39, 0.29) is 0 Å². The molecule has 0 unspecified atom stereocenters. The van der Waals surface area contributed by atoms with Crippen molar-refractivity contribution in [1.82, 2.24) is 5.32 Å². The number of ether oxygens (including phenoxy) is 1. The number of halogens is 1. The smallest absolute Gasteiger partial charge is 0.183 e. The molecule has 0 saturated heterocycles. The summed E-state index contributed by atoms with van der Waals surface area (Å²) in [5.41, 5.74) is 1.75. The van der Waals surface area contributed by atoms with Gasteiger partial charge in [0, 0.05) is 4.47 Å². The largest absolute Gasteiger partial charge is 0.494 e. The zero-order valence-corrected chi connectivity index (χ0v) is 12.1. The summed E-state index contributed by atoms with van der Waals surface area (Å²) in [4.78, 5) is 4.35. The minimum atomic E-state index is 0.523. The van der Waals surface area contributed by atoms with Gasteiger partial charge < -0.3 is 4.74 Å². The lowest BCUT2D eigenvalue weighted by Crippen LogP contribution is -2.12. The van der Waals surface area contributed by atoms with Crippen molar-refractivity contribution in [2.24, 2.45) is 4.99 Å². The van der Waals surface area contributed by atoms with Crippen LogP contribution in [0.3, 0.4) is 0 Å². The normalized spacial score (nSPS) is 10.9. The third-order valence-electron chi connectivity index (χ3n) is 1.96. The maximum Gasteiger partial charge on any atom is 0.183 e. The molecule has 1 rings (SSSR count). The Morgan fingerprint density at radius 1 is 1.59 bits per heavy atom. The van der Waals surface area contributed by atoms with Crippen LogP contribution in [0.15, 0.2) is 21.6 Å². The number of nitriles is 1. The monoisotopic (exact) mass is 313 g/mol. The van der Waals surface area contributed by atoms with Gasteiger partial charge in [0.15, 0.2) is 11.4 Å². The molecule has 0 aromatic heterocycles. The molecule has 0 radical (unpaired) electrons. The molecule has 0 aliphatic carbocycles. The van der Waals surface area contributed by atoms with E-state index in [0.29, 0.717) is 16.6 Å². The molecule has 0 aliphatic heterocycles. The molecule has 90 valence electrons. The summed E-state index contributed by atoms with van der Waals surface area (Å²) in [6, 6.07) is 3.85. The van der Waals surface area contributed by atoms with Crippen molar-refractivity contribution in [2.75, 3.05) is 13.4 Å². The van der Waals surface area contributed by atoms with Crippen LogP contribution in [0.25, 0.3) is 0 Å². The van der Waals surface area contributed by atoms with Crippen molar-refractivity contribution in [3.8, 4) is 11.9 Å². The third-order valence-corrected chi connectivity index (χ3v) is 3.15. The molecule has 0 spiro atoms. The second-order valence-electron chi connectivity index (χ2n) is 3.16. The van der Waals surface area contributed by atoms with Crippen molar-refractivity contribution in [1.29, 1.82) is 5.26 Å². The summed E-state index contributed by atoms with van der Waals surface area (Å²) in [6.07, 6.45) is 3.69. The Balaban J connectivity index is 3.25. The van der Waals surface area contributed by atoms with Gasteiger partial charge in [0.2, 0.25) is 0 Å². The summed E-state index contributed by atoms with van der Waals surface area (Å²) in [5.74, 6) is 0.670. The van der Waals surface area contributed by atoms with Crippen molar-refractivity contribution >= 4 is 38.5 Å². The first kappa shape index (κ1) is 13.9. The minimum absolute atomic E-state index is 0.523. The van der Waals surface area contributed by atoms with Crippen molar-refractivity contribution in [2.45, 2.75) is 6.92 Å². The number of thioether (sulfide) groups is 1. The maximum atomic E-state index is 8.59. The predicted molar refractivity (Wildman–Crippen MR) is 74.8 cm³/mol. The van der Waals surface area contributed by atoms with Crippen LogP contribution in [0.5, 0.6) is 5.75 Å². The number of amidine groups is 1. The third kappa shape index (κ3) is 3.65.